The number of hydrogen-bond donors (Lipinski definition) is 3. The Kier molecular flexibility index (Phi) is 25.4. The minimum atomic E-state index is -4.64. The van der Waals surface area contributed by atoms with Gasteiger partial charge in [-0.05, 0) is 133 Å². The number of carboxylic acids is 1. The highest BCUT2D eigenvalue weighted by Crippen LogP contribution is 2.39. The van der Waals surface area contributed by atoms with Crippen LogP contribution < -0.4 is 5.73 Å². The molecule has 0 spiro atoms. The largest absolute Gasteiger partial charge is 0.522 e. The summed E-state index contributed by atoms with van der Waals surface area (Å²) in [6, 6.07) is 4.18. The molecule has 1 aromatic carbocycles. The number of thioether (sulfide) groups is 1. The molecule has 2 heterocycles. The number of hydrogen-bond acceptors (Lipinski definition) is 16. The first-order valence-electron chi connectivity index (χ1n) is 25.3. The van der Waals surface area contributed by atoms with Crippen LogP contribution in [0.25, 0.3) is 11.3 Å². The Bertz CT molecular complexity index is 2370. The summed E-state index contributed by atoms with van der Waals surface area (Å²) < 4.78 is 112. The number of halogens is 8. The van der Waals surface area contributed by atoms with Gasteiger partial charge in [-0.2, -0.15) is 5.10 Å². The minimum absolute atomic E-state index is 0.0182. The summed E-state index contributed by atoms with van der Waals surface area (Å²) in [6.07, 6.45) is -3.90. The van der Waals surface area contributed by atoms with Gasteiger partial charge < -0.3 is 39.8 Å². The van der Waals surface area contributed by atoms with Crippen molar-refractivity contribution >= 4 is 75.7 Å². The second-order valence-electron chi connectivity index (χ2n) is 19.3. The number of fused-ring (bicyclic) bond motifs is 1. The summed E-state index contributed by atoms with van der Waals surface area (Å²) in [5.41, 5.74) is 7.39. The fourth-order valence-corrected chi connectivity index (χ4v) is 9.49. The summed E-state index contributed by atoms with van der Waals surface area (Å²) in [6.45, 7) is 9.90. The molecule has 1 aliphatic heterocycles. The zero-order valence-corrected chi connectivity index (χ0v) is 46.0. The summed E-state index contributed by atoms with van der Waals surface area (Å²) in [7, 11) is 0. The number of alkyl halides is 6. The third-order valence-corrected chi connectivity index (χ3v) is 14.7. The highest BCUT2D eigenvalue weighted by molar-refractivity contribution is 8.22. The van der Waals surface area contributed by atoms with E-state index in [0.717, 1.165) is 25.7 Å². The van der Waals surface area contributed by atoms with Crippen LogP contribution in [0.4, 0.5) is 30.7 Å². The van der Waals surface area contributed by atoms with Crippen molar-refractivity contribution in [2.24, 2.45) is 41.2 Å². The van der Waals surface area contributed by atoms with Crippen molar-refractivity contribution < 1.29 is 98.1 Å². The number of aliphatic carboxylic acids is 1. The van der Waals surface area contributed by atoms with Gasteiger partial charge in [0.1, 0.15) is 17.6 Å². The van der Waals surface area contributed by atoms with E-state index in [1.807, 2.05) is 13.2 Å². The molecule has 5 saturated carbocycles. The van der Waals surface area contributed by atoms with E-state index >= 15 is 0 Å². The number of esters is 3. The molecule has 5 fully saturated rings. The number of nitrogens with zero attached hydrogens (tertiary/aromatic N) is 3. The number of amides is 2. The van der Waals surface area contributed by atoms with Gasteiger partial charge >= 0.3 is 36.6 Å². The molecule has 78 heavy (non-hydrogen) atoms. The highest BCUT2D eigenvalue weighted by Gasteiger charge is 2.44. The molecule has 0 bridgehead atoms. The lowest BCUT2D eigenvalue weighted by Crippen LogP contribution is -2.40. The molecule has 0 unspecified atom stereocenters. The number of rotatable bonds is 14. The zero-order valence-electron chi connectivity index (χ0n) is 43.6. The molecule has 0 saturated heterocycles. The summed E-state index contributed by atoms with van der Waals surface area (Å²) in [4.78, 5) is 69.8. The maximum absolute atomic E-state index is 13.5. The van der Waals surface area contributed by atoms with Crippen LogP contribution in [0.1, 0.15) is 114 Å². The first-order valence-corrected chi connectivity index (χ1v) is 27.3. The number of benzene rings is 1. The molecule has 18 nitrogen and oxygen atoms in total. The zero-order chi connectivity index (χ0) is 58.2. The maximum Gasteiger partial charge on any atom is 0.522 e. The number of nitrogens with two attached hydrogens (primary N) is 1. The number of carbonyl (C=O) groups excluding carboxylic acids is 5. The number of aliphatic hydroxyl groups is 1. The molecule has 438 valence electrons. The molecule has 28 heteroatoms. The fourth-order valence-electron chi connectivity index (χ4n) is 8.94. The van der Waals surface area contributed by atoms with Crippen LogP contribution in [0.2, 0.25) is 5.02 Å². The number of aliphatic hydroxyl groups excluding tert-OH is 1. The average Bonchev–Trinajstić information content (AvgIpc) is 3.68. The van der Waals surface area contributed by atoms with E-state index in [0.29, 0.717) is 85.3 Å². The van der Waals surface area contributed by atoms with Crippen molar-refractivity contribution in [2.75, 3.05) is 32.6 Å². The van der Waals surface area contributed by atoms with E-state index in [-0.39, 0.29) is 84.8 Å². The summed E-state index contributed by atoms with van der Waals surface area (Å²) >= 11 is 12.2. The van der Waals surface area contributed by atoms with Crippen molar-refractivity contribution in [3.8, 4) is 11.3 Å². The molecule has 6 aliphatic rings. The topological polar surface area (TPSA) is 245 Å². The van der Waals surface area contributed by atoms with Gasteiger partial charge in [0.25, 0.3) is 5.91 Å². The molecule has 5 aliphatic carbocycles. The van der Waals surface area contributed by atoms with E-state index in [2.05, 4.69) is 26.2 Å². The standard InChI is InChI=1S/C20H22ClFN4O2.C9H14O3S2.C8H11F3O3.C7H12O3.C6H7F3O3/c1-11-6-12(7-11)8-17(27)25-4-5-26-16(10-25)18(20(23)28)19(24-26)13-2-3-15(22)14(21)9-13;1-3-11-8(10)6-4-7(5-6)12-9(13)14-2;1-2-13-7(12)5-3-6(4-5)14-8(9,10)11;1-2-10-7(9)5-3-6(8)4-5;7-6(8,9)12-4-1-3(2-4)5(10)11/h2-3,9,11-12H,4-8,10H2,1H3,(H2,23,28);6-7H,3-5H2,1-2H3;5-6H,2-4H2,1H3;5-6,8H,2-4H2,1H3;3-4H,1-2H2,(H,10,11). The van der Waals surface area contributed by atoms with E-state index in [1.54, 1.807) is 23.4 Å². The molecule has 4 N–H and O–H groups in total. The summed E-state index contributed by atoms with van der Waals surface area (Å²) in [5, 5.41) is 21.6. The van der Waals surface area contributed by atoms with Gasteiger partial charge in [0.05, 0.1) is 91.2 Å². The molecule has 8 rings (SSSR count). The van der Waals surface area contributed by atoms with Gasteiger partial charge in [0.2, 0.25) is 10.3 Å². The van der Waals surface area contributed by atoms with Crippen LogP contribution in [0, 0.1) is 41.3 Å². The molecule has 0 radical (unpaired) electrons. The Balaban J connectivity index is 0.000000225. The first-order chi connectivity index (χ1) is 36.5. The van der Waals surface area contributed by atoms with Gasteiger partial charge in [-0.3, -0.25) is 42.9 Å². The van der Waals surface area contributed by atoms with Crippen LogP contribution in [-0.4, -0.2) is 135 Å². The van der Waals surface area contributed by atoms with Crippen molar-refractivity contribution in [3.63, 3.8) is 0 Å². The van der Waals surface area contributed by atoms with Crippen molar-refractivity contribution in [3.05, 3.63) is 40.3 Å². The van der Waals surface area contributed by atoms with Crippen LogP contribution in [0.15, 0.2) is 18.2 Å². The quantitative estimate of drug-likeness (QED) is 0.0692. The van der Waals surface area contributed by atoms with Crippen LogP contribution >= 0.6 is 35.6 Å². The number of primary amides is 1. The molecule has 2 aromatic rings. The van der Waals surface area contributed by atoms with Crippen LogP contribution in [0.5, 0.6) is 0 Å². The third-order valence-electron chi connectivity index (χ3n) is 13.3. The normalized spacial score (nSPS) is 25.4. The molecular weight excluding hydrogens is 1110 g/mol. The lowest BCUT2D eigenvalue weighted by Gasteiger charge is -2.35. The van der Waals surface area contributed by atoms with Gasteiger partial charge in [0, 0.05) is 18.5 Å². The summed E-state index contributed by atoms with van der Waals surface area (Å²) in [5.74, 6) is -2.78. The smallest absolute Gasteiger partial charge is 0.481 e. The third kappa shape index (κ3) is 20.7. The van der Waals surface area contributed by atoms with Crippen molar-refractivity contribution in [2.45, 2.75) is 149 Å². The minimum Gasteiger partial charge on any atom is -0.481 e. The Labute approximate surface area is 460 Å². The monoisotopic (exact) mass is 1180 g/mol. The van der Waals surface area contributed by atoms with Crippen molar-refractivity contribution in [1.29, 1.82) is 0 Å². The Morgan fingerprint density at radius 3 is 1.65 bits per heavy atom. The number of thiocarbonyl (C=S) groups is 1. The number of ether oxygens (including phenoxy) is 6. The Hall–Kier alpha value is -4.83. The molecule has 0 atom stereocenters. The van der Waals surface area contributed by atoms with E-state index < -0.39 is 60.4 Å². The SMILES string of the molecule is CC1CC(CC(=O)N2CCn3nc(-c4ccc(F)c(Cl)c4)c(C(N)=O)c3C2)C1.CCOC(=O)C1CC(O)C1.CCOC(=O)C1CC(OC(=S)SC)C1.CCOC(=O)C1CC(OC(F)(F)F)C1.O=C(O)C1CC(OC(F)(F)F)C1. The lowest BCUT2D eigenvalue weighted by molar-refractivity contribution is -0.354. The molecular formula is C50H66ClF7N4O14S2. The number of carbonyl (C=O) groups is 6. The van der Waals surface area contributed by atoms with Crippen LogP contribution in [0.3, 0.4) is 0 Å². The van der Waals surface area contributed by atoms with E-state index in [4.69, 9.17) is 54.0 Å². The highest BCUT2D eigenvalue weighted by atomic mass is 35.5. The predicted octanol–water partition coefficient (Wildman–Crippen LogP) is 8.78. The van der Waals surface area contributed by atoms with E-state index in [9.17, 15) is 59.5 Å². The second kappa shape index (κ2) is 30.1. The van der Waals surface area contributed by atoms with Gasteiger partial charge in [-0.1, -0.05) is 30.3 Å². The molecule has 2 amide bonds. The first kappa shape index (κ1) is 65.7. The van der Waals surface area contributed by atoms with E-state index in [1.165, 1.54) is 30.0 Å². The Morgan fingerprint density at radius 2 is 1.24 bits per heavy atom. The maximum atomic E-state index is 13.5. The number of aromatic nitrogens is 2. The fraction of sp³-hybridized carbons (Fsp3) is 0.680. The van der Waals surface area contributed by atoms with Crippen molar-refractivity contribution in [1.82, 2.24) is 14.7 Å². The Morgan fingerprint density at radius 1 is 0.769 bits per heavy atom. The lowest BCUT2D eigenvalue weighted by atomic mass is 9.74. The van der Waals surface area contributed by atoms with Crippen LogP contribution in [-0.2, 0) is 65.5 Å². The number of carboxylic acid groups (broad SMARTS) is 1. The predicted molar refractivity (Wildman–Crippen MR) is 270 cm³/mol. The van der Waals surface area contributed by atoms with Gasteiger partial charge in [-0.15, -0.1) is 26.3 Å². The van der Waals surface area contributed by atoms with Gasteiger partial charge in [0.15, 0.2) is 0 Å². The molecule has 1 aromatic heterocycles. The second-order valence-corrected chi connectivity index (χ2v) is 21.2. The van der Waals surface area contributed by atoms with Gasteiger partial charge in [-0.25, -0.2) is 4.39 Å². The average molecular weight is 1180 g/mol.